The zero-order valence-corrected chi connectivity index (χ0v) is 14.7. The summed E-state index contributed by atoms with van der Waals surface area (Å²) in [4.78, 5) is 6.25. The van der Waals surface area contributed by atoms with Crippen molar-refractivity contribution in [2.75, 3.05) is 0 Å². The average Bonchev–Trinajstić information content (AvgIpc) is 2.69. The number of allylic oxidation sites excluding steroid dienone is 1. The number of hydrogen-bond donors (Lipinski definition) is 0. The van der Waals surface area contributed by atoms with Gasteiger partial charge in [-0.15, -0.1) is 0 Å². The number of hydrogen-bond acceptors (Lipinski definition) is 2. The fourth-order valence-electron chi connectivity index (χ4n) is 3.05. The molecule has 0 saturated carbocycles. The number of thioether (sulfide) groups is 1. The van der Waals surface area contributed by atoms with Crippen LogP contribution in [0.3, 0.4) is 0 Å². The minimum atomic E-state index is 1.00. The van der Waals surface area contributed by atoms with Crippen LogP contribution in [0.25, 0.3) is 0 Å². The molecule has 2 heteroatoms. The lowest BCUT2D eigenvalue weighted by atomic mass is 9.87. The van der Waals surface area contributed by atoms with Gasteiger partial charge in [0.1, 0.15) is 0 Å². The Morgan fingerprint density at radius 1 is 0.720 bits per heavy atom. The first-order valence-corrected chi connectivity index (χ1v) is 9.41. The van der Waals surface area contributed by atoms with Gasteiger partial charge >= 0.3 is 0 Å². The van der Waals surface area contributed by atoms with E-state index in [9.17, 15) is 0 Å². The minimum absolute atomic E-state index is 1.00. The van der Waals surface area contributed by atoms with Gasteiger partial charge in [-0.05, 0) is 53.7 Å². The van der Waals surface area contributed by atoms with Gasteiger partial charge in [-0.3, -0.25) is 0 Å². The van der Waals surface area contributed by atoms with E-state index < -0.39 is 0 Å². The smallest absolute Gasteiger partial charge is 0.0749 e. The highest BCUT2D eigenvalue weighted by Gasteiger charge is 2.19. The number of rotatable bonds is 3. The van der Waals surface area contributed by atoms with Crippen LogP contribution in [0.5, 0.6) is 0 Å². The topological polar surface area (TPSA) is 12.4 Å². The van der Waals surface area contributed by atoms with Crippen molar-refractivity contribution in [1.82, 2.24) is 0 Å². The molecule has 0 fully saturated rings. The maximum absolute atomic E-state index is 4.99. The van der Waals surface area contributed by atoms with Crippen LogP contribution in [0.15, 0.2) is 106 Å². The molecule has 122 valence electrons. The number of para-hydroxylation sites is 1. The lowest BCUT2D eigenvalue weighted by molar-refractivity contribution is 0.952. The Bertz CT molecular complexity index is 911. The van der Waals surface area contributed by atoms with Crippen LogP contribution < -0.4 is 0 Å². The van der Waals surface area contributed by atoms with E-state index in [1.807, 2.05) is 18.2 Å². The van der Waals surface area contributed by atoms with Gasteiger partial charge in [0, 0.05) is 10.5 Å². The first kappa shape index (κ1) is 15.9. The van der Waals surface area contributed by atoms with Crippen LogP contribution in [0.2, 0.25) is 0 Å². The fraction of sp³-hybridized carbons (Fsp3) is 0.0870. The highest BCUT2D eigenvalue weighted by Crippen LogP contribution is 2.31. The zero-order chi connectivity index (χ0) is 16.9. The highest BCUT2D eigenvalue weighted by atomic mass is 32.2. The molecule has 0 aromatic heterocycles. The Hall–Kier alpha value is -2.58. The van der Waals surface area contributed by atoms with E-state index in [-0.39, 0.29) is 0 Å². The molecule has 1 aliphatic rings. The Kier molecular flexibility index (Phi) is 4.80. The van der Waals surface area contributed by atoms with Gasteiger partial charge in [0.15, 0.2) is 0 Å². The van der Waals surface area contributed by atoms with Crippen LogP contribution in [0.4, 0.5) is 5.69 Å². The Labute approximate surface area is 153 Å². The molecule has 3 aromatic rings. The molecular formula is C23H19NS. The van der Waals surface area contributed by atoms with Crippen molar-refractivity contribution in [2.24, 2.45) is 4.99 Å². The second kappa shape index (κ2) is 7.54. The maximum Gasteiger partial charge on any atom is 0.0749 e. The van der Waals surface area contributed by atoms with Crippen molar-refractivity contribution in [3.63, 3.8) is 0 Å². The Morgan fingerprint density at radius 3 is 2.20 bits per heavy atom. The predicted octanol–water partition coefficient (Wildman–Crippen LogP) is 6.43. The molecule has 1 aliphatic carbocycles. The summed E-state index contributed by atoms with van der Waals surface area (Å²) in [6.45, 7) is 0. The minimum Gasteiger partial charge on any atom is -0.248 e. The van der Waals surface area contributed by atoms with Crippen molar-refractivity contribution >= 4 is 23.2 Å². The van der Waals surface area contributed by atoms with E-state index in [1.54, 1.807) is 11.8 Å². The van der Waals surface area contributed by atoms with Gasteiger partial charge in [0.25, 0.3) is 0 Å². The lowest BCUT2D eigenvalue weighted by Crippen LogP contribution is -2.14. The summed E-state index contributed by atoms with van der Waals surface area (Å²) in [5, 5.41) is 2.27. The van der Waals surface area contributed by atoms with Crippen LogP contribution in [0, 0.1) is 0 Å². The molecule has 0 N–H and O–H groups in total. The molecule has 25 heavy (non-hydrogen) atoms. The van der Waals surface area contributed by atoms with Crippen LogP contribution in [-0.4, -0.2) is 5.71 Å². The Morgan fingerprint density at radius 2 is 1.40 bits per heavy atom. The van der Waals surface area contributed by atoms with E-state index >= 15 is 0 Å². The normalized spacial score (nSPS) is 16.8. The molecule has 0 bridgehead atoms. The average molecular weight is 341 g/mol. The van der Waals surface area contributed by atoms with Gasteiger partial charge in [0.2, 0.25) is 0 Å². The molecule has 0 aliphatic heterocycles. The number of fused-ring (bicyclic) bond motifs is 1. The summed E-state index contributed by atoms with van der Waals surface area (Å²) in [6, 6.07) is 29.4. The maximum atomic E-state index is 4.99. The zero-order valence-electron chi connectivity index (χ0n) is 13.9. The molecule has 0 atom stereocenters. The second-order valence-corrected chi connectivity index (χ2v) is 6.97. The van der Waals surface area contributed by atoms with Gasteiger partial charge in [-0.1, -0.05) is 72.4 Å². The monoisotopic (exact) mass is 341 g/mol. The molecule has 0 saturated heterocycles. The molecular weight excluding hydrogens is 322 g/mol. The largest absolute Gasteiger partial charge is 0.248 e. The van der Waals surface area contributed by atoms with E-state index in [4.69, 9.17) is 4.99 Å². The third kappa shape index (κ3) is 3.75. The summed E-state index contributed by atoms with van der Waals surface area (Å²) in [6.07, 6.45) is 2.10. The standard InChI is InChI=1S/C23H19NS/c1-3-10-20(11-4-1)24-23-19(17-25-21-12-5-2-6-13-21)16-15-18-9-7-8-14-22(18)23/h1-14,17H,15-16H2/b19-17+,24-23?. The molecule has 0 unspecified atom stereocenters. The first-order chi connectivity index (χ1) is 12.4. The first-order valence-electron chi connectivity index (χ1n) is 8.53. The fourth-order valence-corrected chi connectivity index (χ4v) is 3.87. The third-order valence-electron chi connectivity index (χ3n) is 4.32. The number of aliphatic imine (C=N–C) groups is 1. The molecule has 4 rings (SSSR count). The van der Waals surface area contributed by atoms with Crippen LogP contribution in [0.1, 0.15) is 17.5 Å². The van der Waals surface area contributed by atoms with Crippen LogP contribution in [-0.2, 0) is 6.42 Å². The van der Waals surface area contributed by atoms with E-state index in [2.05, 4.69) is 72.1 Å². The number of benzene rings is 3. The second-order valence-electron chi connectivity index (χ2n) is 6.03. The molecule has 0 heterocycles. The molecule has 0 radical (unpaired) electrons. The molecule has 3 aromatic carbocycles. The molecule has 1 nitrogen and oxygen atoms in total. The lowest BCUT2D eigenvalue weighted by Gasteiger charge is -2.21. The Balaban J connectivity index is 1.74. The third-order valence-corrected chi connectivity index (χ3v) is 5.26. The molecule has 0 amide bonds. The van der Waals surface area contributed by atoms with Gasteiger partial charge in [-0.25, -0.2) is 4.99 Å². The summed E-state index contributed by atoms with van der Waals surface area (Å²) in [5.74, 6) is 0. The quantitative estimate of drug-likeness (QED) is 0.500. The SMILES string of the molecule is C(/Sc1ccccc1)=C1/CCc2ccccc2C1=Nc1ccccc1. The van der Waals surface area contributed by atoms with Crippen molar-refractivity contribution in [3.8, 4) is 0 Å². The van der Waals surface area contributed by atoms with Crippen LogP contribution >= 0.6 is 11.8 Å². The van der Waals surface area contributed by atoms with E-state index in [0.717, 1.165) is 24.2 Å². The van der Waals surface area contributed by atoms with Gasteiger partial charge in [-0.2, -0.15) is 0 Å². The summed E-state index contributed by atoms with van der Waals surface area (Å²) < 4.78 is 0. The number of aryl methyl sites for hydroxylation is 1. The predicted molar refractivity (Wildman–Crippen MR) is 108 cm³/mol. The molecule has 0 spiro atoms. The van der Waals surface area contributed by atoms with Crippen molar-refractivity contribution < 1.29 is 0 Å². The van der Waals surface area contributed by atoms with E-state index in [1.165, 1.54) is 21.6 Å². The van der Waals surface area contributed by atoms with Crippen molar-refractivity contribution in [1.29, 1.82) is 0 Å². The highest BCUT2D eigenvalue weighted by molar-refractivity contribution is 8.02. The summed E-state index contributed by atoms with van der Waals surface area (Å²) in [7, 11) is 0. The number of nitrogens with zero attached hydrogens (tertiary/aromatic N) is 1. The van der Waals surface area contributed by atoms with Gasteiger partial charge in [0.05, 0.1) is 11.4 Å². The van der Waals surface area contributed by atoms with Crippen molar-refractivity contribution in [3.05, 3.63) is 107 Å². The summed E-state index contributed by atoms with van der Waals surface area (Å²) in [5.41, 5.74) is 6.08. The van der Waals surface area contributed by atoms with Crippen molar-refractivity contribution in [2.45, 2.75) is 17.7 Å². The van der Waals surface area contributed by atoms with E-state index in [0.29, 0.717) is 0 Å². The summed E-state index contributed by atoms with van der Waals surface area (Å²) >= 11 is 1.77. The van der Waals surface area contributed by atoms with Gasteiger partial charge < -0.3 is 0 Å².